The molecule has 35 nitrogen and oxygen atoms in total. The number of unbranched alkanes of at least 4 members (excludes halogenated alkanes) is 5. The van der Waals surface area contributed by atoms with Crippen LogP contribution in [0.4, 0.5) is 21.9 Å². The number of urea groups is 1. The van der Waals surface area contributed by atoms with Crippen LogP contribution in [0.1, 0.15) is 164 Å². The van der Waals surface area contributed by atoms with E-state index < -0.39 is 121 Å². The highest BCUT2D eigenvalue weighted by Gasteiger charge is 2.45. The number of aromatic nitrogens is 3. The number of hydrogen-bond donors (Lipinski definition) is 12. The van der Waals surface area contributed by atoms with E-state index >= 15 is 0 Å². The molecule has 0 unspecified atom stereocenters. The molecule has 12 N–H and O–H groups in total. The summed E-state index contributed by atoms with van der Waals surface area (Å²) in [7, 11) is -7.03. The van der Waals surface area contributed by atoms with Crippen LogP contribution in [0.2, 0.25) is 0 Å². The number of nitro groups is 1. The molecule has 4 atom stereocenters. The van der Waals surface area contributed by atoms with Gasteiger partial charge in [0, 0.05) is 131 Å². The molecule has 1 aromatic heterocycles. The van der Waals surface area contributed by atoms with Crippen molar-refractivity contribution in [3.63, 3.8) is 0 Å². The zero-order chi connectivity index (χ0) is 88.9. The van der Waals surface area contributed by atoms with E-state index in [0.29, 0.717) is 74.9 Å². The molecule has 0 aliphatic carbocycles. The number of allylic oxidation sites excluding steroid dienone is 6. The Kier molecular flexibility index (Phi) is 34.9. The second-order valence-corrected chi connectivity index (χ2v) is 33.7. The van der Waals surface area contributed by atoms with E-state index in [-0.39, 0.29) is 123 Å². The van der Waals surface area contributed by atoms with Gasteiger partial charge in [-0.3, -0.25) is 57.5 Å². The fraction of sp³-hybridized carbons (Fsp3) is 0.424. The fourth-order valence-electron chi connectivity index (χ4n) is 14.6. The van der Waals surface area contributed by atoms with E-state index in [1.165, 1.54) is 47.4 Å². The first kappa shape index (κ1) is 95.1. The molecule has 37 heteroatoms. The number of nitrogens with zero attached hydrogens (tertiary/aromatic N) is 7. The summed E-state index contributed by atoms with van der Waals surface area (Å²) in [5.41, 5.74) is 5.51. The van der Waals surface area contributed by atoms with Crippen molar-refractivity contribution >= 4 is 102 Å². The van der Waals surface area contributed by atoms with Crippen LogP contribution in [0, 0.1) is 10.1 Å². The van der Waals surface area contributed by atoms with E-state index in [1.54, 1.807) is 71.5 Å². The topological polar surface area (TPSA) is 508 Å². The van der Waals surface area contributed by atoms with Crippen molar-refractivity contribution in [2.75, 3.05) is 38.1 Å². The number of hydrogen-bond acceptors (Lipinski definition) is 19. The zero-order valence-electron chi connectivity index (χ0n) is 68.7. The molecule has 0 fully saturated rings. The maximum atomic E-state index is 14.3. The van der Waals surface area contributed by atoms with Crippen LogP contribution in [0.3, 0.4) is 0 Å². The quantitative estimate of drug-likeness (QED) is 0.00429. The van der Waals surface area contributed by atoms with Gasteiger partial charge in [0.2, 0.25) is 41.1 Å². The Labute approximate surface area is 707 Å². The average molecular weight is 1730 g/mol. The number of fused-ring (bicyclic) bond motifs is 2. The number of benzene rings is 5. The molecule has 654 valence electrons. The zero-order valence-corrected chi connectivity index (χ0v) is 70.3. The van der Waals surface area contributed by atoms with Crippen LogP contribution in [-0.2, 0) is 107 Å². The van der Waals surface area contributed by atoms with Gasteiger partial charge in [0.25, 0.3) is 25.9 Å². The number of rotatable bonds is 49. The molecule has 3 heterocycles. The van der Waals surface area contributed by atoms with Gasteiger partial charge in [-0.05, 0) is 125 Å². The van der Waals surface area contributed by atoms with Gasteiger partial charge in [-0.1, -0.05) is 123 Å². The van der Waals surface area contributed by atoms with Crippen molar-refractivity contribution in [1.82, 2.24) is 57.1 Å². The van der Waals surface area contributed by atoms with E-state index in [0.717, 1.165) is 33.9 Å². The summed E-state index contributed by atoms with van der Waals surface area (Å²) >= 11 is 0. The van der Waals surface area contributed by atoms with Gasteiger partial charge in [0.15, 0.2) is 5.71 Å². The summed E-state index contributed by atoms with van der Waals surface area (Å²) in [6.45, 7) is 9.12. The Hall–Kier alpha value is -12.4. The number of nitrogens with one attached hydrogen (secondary N) is 7. The van der Waals surface area contributed by atoms with Crippen LogP contribution >= 0.6 is 0 Å². The van der Waals surface area contributed by atoms with E-state index in [2.05, 4.69) is 52.1 Å². The Bertz CT molecular complexity index is 5130. The first-order chi connectivity index (χ1) is 57.9. The molecular formula is C85H107N14O21S2+. The molecule has 0 radical (unpaired) electrons. The fourth-order valence-corrected chi connectivity index (χ4v) is 15.6. The number of anilines is 1. The summed E-state index contributed by atoms with van der Waals surface area (Å²) in [4.78, 5) is 143. The van der Waals surface area contributed by atoms with E-state index in [1.807, 2.05) is 88.2 Å². The van der Waals surface area contributed by atoms with Gasteiger partial charge < -0.3 is 62.3 Å². The molecule has 8 rings (SSSR count). The van der Waals surface area contributed by atoms with Crippen molar-refractivity contribution in [2.24, 2.45) is 0 Å². The van der Waals surface area contributed by atoms with Crippen LogP contribution in [0.15, 0.2) is 173 Å². The lowest BCUT2D eigenvalue weighted by Gasteiger charge is -2.24. The van der Waals surface area contributed by atoms with Gasteiger partial charge in [-0.15, -0.1) is 5.10 Å². The van der Waals surface area contributed by atoms with Crippen LogP contribution < -0.4 is 42.1 Å². The molecular weight excluding hydrogens is 1620 g/mol. The third kappa shape index (κ3) is 28.4. The molecule has 122 heavy (non-hydrogen) atoms. The lowest BCUT2D eigenvalue weighted by molar-refractivity contribution is -0.438. The van der Waals surface area contributed by atoms with Crippen molar-refractivity contribution < 1.29 is 98.7 Å². The normalized spacial score (nSPS) is 14.7. The molecule has 8 amide bonds. The minimum atomic E-state index is -4.51. The summed E-state index contributed by atoms with van der Waals surface area (Å²) in [6, 6.07) is 26.4. The molecule has 2 aliphatic heterocycles. The van der Waals surface area contributed by atoms with Crippen molar-refractivity contribution in [2.45, 2.75) is 208 Å². The van der Waals surface area contributed by atoms with Gasteiger partial charge in [-0.25, -0.2) is 14.4 Å². The van der Waals surface area contributed by atoms with Crippen LogP contribution in [0.5, 0.6) is 0 Å². The lowest BCUT2D eigenvalue weighted by Crippen LogP contribution is -2.55. The summed E-state index contributed by atoms with van der Waals surface area (Å²) < 4.78 is 72.0. The number of aliphatic carboxylic acids is 3. The van der Waals surface area contributed by atoms with E-state index in [4.69, 9.17) is 5.11 Å². The lowest BCUT2D eigenvalue weighted by atomic mass is 9.81. The first-order valence-corrected chi connectivity index (χ1v) is 43.1. The second kappa shape index (κ2) is 44.8. The predicted molar refractivity (Wildman–Crippen MR) is 450 cm³/mol. The smallest absolute Gasteiger partial charge is 0.326 e. The van der Waals surface area contributed by atoms with Gasteiger partial charge >= 0.3 is 23.9 Å². The molecule has 0 spiro atoms. The summed E-state index contributed by atoms with van der Waals surface area (Å²) in [5, 5.41) is 66.9. The summed E-state index contributed by atoms with van der Waals surface area (Å²) in [6.07, 6.45) is 13.8. The number of carbonyl (C=O) groups is 10. The maximum absolute atomic E-state index is 14.3. The highest BCUT2D eigenvalue weighted by atomic mass is 32.2. The molecule has 6 aromatic rings. The highest BCUT2D eigenvalue weighted by molar-refractivity contribution is 7.86. The van der Waals surface area contributed by atoms with Crippen molar-refractivity contribution in [1.29, 1.82) is 0 Å². The Morgan fingerprint density at radius 1 is 0.582 bits per heavy atom. The highest BCUT2D eigenvalue weighted by Crippen LogP contribution is 2.48. The standard InChI is InChI=1S/C85H106N14O21S2/c1-84(2)63-52-61(121(115,116)117)37-40-70(63)95(5)72(84)33-15-8-16-34-73-85(3,4)64-53-62(122(118,119)120)38-41-71(64)98(73)49-23-10-17-35-74(100)88-54-60-56-97(94-93-60)48-25-46-87-79(106)67(50-57-26-11-6-12-27-57)90-80(107)68(51-58-28-13-7-14-29-58)89-76(102)43-42-75(101)86-45-22-9-18-36-77(103)96(55-59-30-19-20-32-69(59)99(113)114)47-24-21-31-65(81(108)109)91-83(112)92-66(82(110)111)39-44-78(104)105/h6-8,11-16,19-20,26-30,32-34,37-38,40-41,52-53,56,65-68H,9-10,17-18,21-25,31,35-36,39,42-51,54-55H2,1-5H3,(H11-,86,87,88,89,90,91,92,100,101,102,104,105,106,107,108,109,110,111,112,115,116,117,118,119,120)/p+1/t65-,66-,67-,68-/m0/s1. The number of carboxylic acid groups (broad SMARTS) is 3. The first-order valence-electron chi connectivity index (χ1n) is 40.2. The summed E-state index contributed by atoms with van der Waals surface area (Å²) in [5.74, 6) is -7.01. The molecule has 0 saturated carbocycles. The number of amides is 8. The Morgan fingerprint density at radius 2 is 1.17 bits per heavy atom. The Balaban J connectivity index is 0.766. The minimum absolute atomic E-state index is 0.00923. The molecule has 2 aliphatic rings. The largest absolute Gasteiger partial charge is 0.481 e. The third-order valence-electron chi connectivity index (χ3n) is 21.1. The number of likely N-dealkylation sites (N-methyl/N-ethyl adjacent to an activating group) is 1. The SMILES string of the molecule is CN1/C(=C/C=C/C=C/C2=[N+](CCCCCC(=O)NCc3cn(CCCNC(=O)[C@H](Cc4ccccc4)NC(=O)[C@H](Cc4ccccc4)NC(=O)CCC(=O)NCCCCCC(=O)N(CCCC[C@H](NC(=O)N[C@@H](CCC(=O)O)C(=O)O)C(=O)O)Cc4ccccc4[N+](=O)[O-])nn3)c3ccc(S(=O)(=O)O)cc3C2(C)C)C(C)(C)c2cc(S(=O)(=O)O)ccc21. The Morgan fingerprint density at radius 3 is 1.82 bits per heavy atom. The second-order valence-electron chi connectivity index (χ2n) is 30.9. The van der Waals surface area contributed by atoms with Crippen LogP contribution in [-0.4, -0.2) is 193 Å². The van der Waals surface area contributed by atoms with E-state index in [9.17, 15) is 94.2 Å². The van der Waals surface area contributed by atoms with Gasteiger partial charge in [0.05, 0.1) is 39.4 Å². The average Bonchev–Trinajstić information content (AvgIpc) is 1.59. The number of para-hydroxylation sites is 1. The molecule has 0 bridgehead atoms. The number of nitro benzene ring substituents is 1. The number of carboxylic acids is 3. The van der Waals surface area contributed by atoms with Crippen molar-refractivity contribution in [3.05, 3.63) is 207 Å². The van der Waals surface area contributed by atoms with Crippen LogP contribution in [0.25, 0.3) is 0 Å². The number of carbonyl (C=O) groups excluding carboxylic acids is 7. The minimum Gasteiger partial charge on any atom is -0.481 e. The monoisotopic (exact) mass is 1720 g/mol. The van der Waals surface area contributed by atoms with Gasteiger partial charge in [-0.2, -0.15) is 21.4 Å². The predicted octanol–water partition coefficient (Wildman–Crippen LogP) is 8.04. The number of aryl methyl sites for hydroxylation is 1. The van der Waals surface area contributed by atoms with Gasteiger partial charge in [0.1, 0.15) is 36.4 Å². The third-order valence-corrected chi connectivity index (χ3v) is 22.8. The van der Waals surface area contributed by atoms with Crippen molar-refractivity contribution in [3.8, 4) is 0 Å². The molecule has 0 saturated heterocycles. The maximum Gasteiger partial charge on any atom is 0.326 e. The molecule has 5 aromatic carbocycles.